The molecule has 0 bridgehead atoms. The topological polar surface area (TPSA) is 39.2 Å². The summed E-state index contributed by atoms with van der Waals surface area (Å²) in [5.41, 5.74) is 1.28. The van der Waals surface area contributed by atoms with E-state index in [-0.39, 0.29) is 0 Å². The standard InChI is InChI=1S/C9H6BrNO2S/c1-13-6-2-5(4-12)8-7(3-6)14-9(10)11-8/h2-4H,1H3. The number of hydrogen-bond donors (Lipinski definition) is 0. The summed E-state index contributed by atoms with van der Waals surface area (Å²) in [7, 11) is 1.58. The van der Waals surface area contributed by atoms with Crippen LogP contribution in [0.4, 0.5) is 0 Å². The Bertz CT molecular complexity index is 495. The summed E-state index contributed by atoms with van der Waals surface area (Å²) in [6, 6.07) is 3.55. The van der Waals surface area contributed by atoms with Crippen molar-refractivity contribution in [2.24, 2.45) is 0 Å². The average Bonchev–Trinajstić information content (AvgIpc) is 2.56. The molecule has 14 heavy (non-hydrogen) atoms. The molecule has 0 atom stereocenters. The quantitative estimate of drug-likeness (QED) is 0.789. The minimum atomic E-state index is 0.557. The van der Waals surface area contributed by atoms with Crippen LogP contribution in [0, 0.1) is 0 Å². The molecule has 0 saturated carbocycles. The van der Waals surface area contributed by atoms with Crippen LogP contribution >= 0.6 is 27.3 Å². The molecule has 0 unspecified atom stereocenters. The predicted molar refractivity (Wildman–Crippen MR) is 59.3 cm³/mol. The number of fused-ring (bicyclic) bond motifs is 1. The van der Waals surface area contributed by atoms with Gasteiger partial charge in [-0.25, -0.2) is 4.98 Å². The second-order valence-corrected chi connectivity index (χ2v) is 4.95. The number of benzene rings is 1. The first-order valence-corrected chi connectivity index (χ1v) is 5.45. The molecular weight excluding hydrogens is 266 g/mol. The van der Waals surface area contributed by atoms with Crippen LogP contribution in [0.15, 0.2) is 16.0 Å². The summed E-state index contributed by atoms with van der Waals surface area (Å²) in [4.78, 5) is 15.0. The van der Waals surface area contributed by atoms with Gasteiger partial charge in [0.05, 0.1) is 17.3 Å². The normalized spacial score (nSPS) is 10.4. The van der Waals surface area contributed by atoms with E-state index in [9.17, 15) is 4.79 Å². The Labute approximate surface area is 92.8 Å². The minimum Gasteiger partial charge on any atom is -0.497 e. The van der Waals surface area contributed by atoms with Crippen molar-refractivity contribution < 1.29 is 9.53 Å². The summed E-state index contributed by atoms with van der Waals surface area (Å²) in [5, 5.41) is 0. The number of aromatic nitrogens is 1. The van der Waals surface area contributed by atoms with Crippen molar-refractivity contribution in [3.05, 3.63) is 21.6 Å². The van der Waals surface area contributed by atoms with Gasteiger partial charge in [-0.3, -0.25) is 4.79 Å². The van der Waals surface area contributed by atoms with Gasteiger partial charge in [0.15, 0.2) is 10.2 Å². The first-order chi connectivity index (χ1) is 6.74. The lowest BCUT2D eigenvalue weighted by Crippen LogP contribution is -1.87. The summed E-state index contributed by atoms with van der Waals surface area (Å²) < 4.78 is 6.79. The van der Waals surface area contributed by atoms with E-state index in [0.717, 1.165) is 20.4 Å². The molecule has 0 aliphatic rings. The van der Waals surface area contributed by atoms with E-state index in [2.05, 4.69) is 20.9 Å². The molecule has 2 rings (SSSR count). The van der Waals surface area contributed by atoms with Gasteiger partial charge in [0.1, 0.15) is 5.75 Å². The number of nitrogens with zero attached hydrogens (tertiary/aromatic N) is 1. The van der Waals surface area contributed by atoms with Crippen molar-refractivity contribution in [2.75, 3.05) is 7.11 Å². The highest BCUT2D eigenvalue weighted by Gasteiger charge is 2.08. The van der Waals surface area contributed by atoms with Crippen LogP contribution in [0.3, 0.4) is 0 Å². The van der Waals surface area contributed by atoms with Gasteiger partial charge in [-0.15, -0.1) is 11.3 Å². The van der Waals surface area contributed by atoms with E-state index in [1.54, 1.807) is 13.2 Å². The number of halogens is 1. The van der Waals surface area contributed by atoms with Gasteiger partial charge >= 0.3 is 0 Å². The van der Waals surface area contributed by atoms with E-state index >= 15 is 0 Å². The van der Waals surface area contributed by atoms with Gasteiger partial charge in [-0.05, 0) is 28.1 Å². The summed E-state index contributed by atoms with van der Waals surface area (Å²) in [6.45, 7) is 0. The largest absolute Gasteiger partial charge is 0.497 e. The summed E-state index contributed by atoms with van der Waals surface area (Å²) >= 11 is 4.76. The zero-order valence-corrected chi connectivity index (χ0v) is 9.68. The number of hydrogen-bond acceptors (Lipinski definition) is 4. The number of ether oxygens (including phenoxy) is 1. The molecule has 1 aromatic heterocycles. The maximum Gasteiger partial charge on any atom is 0.160 e. The van der Waals surface area contributed by atoms with E-state index in [4.69, 9.17) is 4.74 Å². The third-order valence-electron chi connectivity index (χ3n) is 1.83. The molecular formula is C9H6BrNO2S. The van der Waals surface area contributed by atoms with E-state index < -0.39 is 0 Å². The number of carbonyl (C=O) groups is 1. The Morgan fingerprint density at radius 3 is 3.00 bits per heavy atom. The van der Waals surface area contributed by atoms with Gasteiger partial charge in [0.2, 0.25) is 0 Å². The lowest BCUT2D eigenvalue weighted by molar-refractivity contribution is 0.112. The molecule has 0 aliphatic heterocycles. The molecule has 3 nitrogen and oxygen atoms in total. The number of rotatable bonds is 2. The fraction of sp³-hybridized carbons (Fsp3) is 0.111. The lowest BCUT2D eigenvalue weighted by Gasteiger charge is -2.00. The lowest BCUT2D eigenvalue weighted by atomic mass is 10.2. The van der Waals surface area contributed by atoms with Crippen LogP contribution in [0.1, 0.15) is 10.4 Å². The maximum atomic E-state index is 10.8. The average molecular weight is 272 g/mol. The van der Waals surface area contributed by atoms with Gasteiger partial charge in [0, 0.05) is 5.56 Å². The van der Waals surface area contributed by atoms with Crippen molar-refractivity contribution in [3.63, 3.8) is 0 Å². The predicted octanol–water partition coefficient (Wildman–Crippen LogP) is 2.88. The van der Waals surface area contributed by atoms with E-state index in [0.29, 0.717) is 11.3 Å². The molecule has 5 heteroatoms. The number of aldehydes is 1. The van der Waals surface area contributed by atoms with Gasteiger partial charge < -0.3 is 4.74 Å². The summed E-state index contributed by atoms with van der Waals surface area (Å²) in [5.74, 6) is 0.677. The zero-order valence-electron chi connectivity index (χ0n) is 7.28. The second kappa shape index (κ2) is 3.67. The molecule has 0 N–H and O–H groups in total. The van der Waals surface area contributed by atoms with Crippen LogP contribution in [0.5, 0.6) is 5.75 Å². The molecule has 2 aromatic rings. The minimum absolute atomic E-state index is 0.557. The molecule has 0 amide bonds. The summed E-state index contributed by atoms with van der Waals surface area (Å²) in [6.07, 6.45) is 0.789. The monoisotopic (exact) mass is 271 g/mol. The SMILES string of the molecule is COc1cc(C=O)c2nc(Br)sc2c1. The highest BCUT2D eigenvalue weighted by molar-refractivity contribution is 9.11. The first kappa shape index (κ1) is 9.61. The third-order valence-corrected chi connectivity index (χ3v) is 3.29. The Morgan fingerprint density at radius 2 is 2.36 bits per heavy atom. The van der Waals surface area contributed by atoms with E-state index in [1.807, 2.05) is 6.07 Å². The van der Waals surface area contributed by atoms with Crippen LogP contribution in [-0.4, -0.2) is 18.4 Å². The zero-order chi connectivity index (χ0) is 10.1. The highest BCUT2D eigenvalue weighted by Crippen LogP contribution is 2.31. The van der Waals surface area contributed by atoms with Crippen molar-refractivity contribution in [1.82, 2.24) is 4.98 Å². The Morgan fingerprint density at radius 1 is 1.57 bits per heavy atom. The molecule has 0 radical (unpaired) electrons. The molecule has 0 saturated heterocycles. The number of thiazole rings is 1. The van der Waals surface area contributed by atoms with Gasteiger partial charge in [-0.1, -0.05) is 0 Å². The maximum absolute atomic E-state index is 10.8. The molecule has 72 valence electrons. The first-order valence-electron chi connectivity index (χ1n) is 3.84. The van der Waals surface area contributed by atoms with Crippen molar-refractivity contribution >= 4 is 43.8 Å². The fourth-order valence-electron chi connectivity index (χ4n) is 1.21. The Hall–Kier alpha value is -0.940. The number of carbonyl (C=O) groups excluding carboxylic acids is 1. The van der Waals surface area contributed by atoms with Crippen molar-refractivity contribution in [1.29, 1.82) is 0 Å². The van der Waals surface area contributed by atoms with Crippen molar-refractivity contribution in [3.8, 4) is 5.75 Å². The van der Waals surface area contributed by atoms with Gasteiger partial charge in [0.25, 0.3) is 0 Å². The number of methoxy groups -OCH3 is 1. The van der Waals surface area contributed by atoms with Gasteiger partial charge in [-0.2, -0.15) is 0 Å². The van der Waals surface area contributed by atoms with E-state index in [1.165, 1.54) is 11.3 Å². The smallest absolute Gasteiger partial charge is 0.160 e. The highest BCUT2D eigenvalue weighted by atomic mass is 79.9. The Kier molecular flexibility index (Phi) is 2.52. The molecule has 0 aliphatic carbocycles. The molecule has 1 heterocycles. The molecule has 0 fully saturated rings. The van der Waals surface area contributed by atoms with Crippen LogP contribution in [-0.2, 0) is 0 Å². The third kappa shape index (κ3) is 1.53. The van der Waals surface area contributed by atoms with Crippen molar-refractivity contribution in [2.45, 2.75) is 0 Å². The molecule has 0 spiro atoms. The fourth-order valence-corrected chi connectivity index (χ4v) is 2.66. The van der Waals surface area contributed by atoms with Crippen LogP contribution in [0.2, 0.25) is 0 Å². The Balaban J connectivity index is 2.78. The molecule has 1 aromatic carbocycles. The second-order valence-electron chi connectivity index (χ2n) is 2.65. The van der Waals surface area contributed by atoms with Crippen LogP contribution in [0.25, 0.3) is 10.2 Å². The van der Waals surface area contributed by atoms with Crippen LogP contribution < -0.4 is 4.74 Å².